The van der Waals surface area contributed by atoms with Crippen molar-refractivity contribution >= 4 is 0 Å². The smallest absolute Gasteiger partial charge is 0.129 e. The maximum atomic E-state index is 13.5. The fourth-order valence-corrected chi connectivity index (χ4v) is 2.02. The lowest BCUT2D eigenvalue weighted by molar-refractivity contribution is 0.574. The Morgan fingerprint density at radius 1 is 1.24 bits per heavy atom. The minimum Gasteiger partial charge on any atom is -0.207 e. The molecule has 0 saturated heterocycles. The first-order valence-electron chi connectivity index (χ1n) is 5.89. The van der Waals surface area contributed by atoms with E-state index in [-0.39, 0.29) is 0 Å². The van der Waals surface area contributed by atoms with Crippen LogP contribution in [0.4, 0.5) is 8.78 Å². The first-order chi connectivity index (χ1) is 8.06. The molecule has 0 radical (unpaired) electrons. The molecule has 1 aliphatic carbocycles. The highest BCUT2D eigenvalue weighted by Gasteiger charge is 2.12. The van der Waals surface area contributed by atoms with E-state index >= 15 is 0 Å². The molecule has 1 aromatic carbocycles. The summed E-state index contributed by atoms with van der Waals surface area (Å²) in [7, 11) is 0. The number of hydrogen-bond acceptors (Lipinski definition) is 0. The molecule has 0 unspecified atom stereocenters. The molecule has 1 aliphatic rings. The minimum atomic E-state index is -0.523. The van der Waals surface area contributed by atoms with E-state index in [0.717, 1.165) is 18.1 Å². The van der Waals surface area contributed by atoms with Crippen molar-refractivity contribution < 1.29 is 8.78 Å². The maximum absolute atomic E-state index is 13.5. The maximum Gasteiger partial charge on any atom is 0.129 e. The van der Waals surface area contributed by atoms with Crippen LogP contribution in [0, 0.1) is 17.6 Å². The van der Waals surface area contributed by atoms with E-state index < -0.39 is 11.6 Å². The molecule has 0 atom stereocenters. The molecule has 0 nitrogen and oxygen atoms in total. The third-order valence-corrected chi connectivity index (χ3v) is 3.12. The van der Waals surface area contributed by atoms with E-state index in [0.29, 0.717) is 17.9 Å². The van der Waals surface area contributed by atoms with Gasteiger partial charge in [-0.05, 0) is 29.5 Å². The van der Waals surface area contributed by atoms with Crippen LogP contribution in [0.15, 0.2) is 41.5 Å². The summed E-state index contributed by atoms with van der Waals surface area (Å²) in [5, 5.41) is 0. The largest absolute Gasteiger partial charge is 0.207 e. The van der Waals surface area contributed by atoms with Crippen molar-refractivity contribution in [3.63, 3.8) is 0 Å². The van der Waals surface area contributed by atoms with Gasteiger partial charge in [0, 0.05) is 12.5 Å². The van der Waals surface area contributed by atoms with Crippen LogP contribution in [0.3, 0.4) is 0 Å². The highest BCUT2D eigenvalue weighted by Crippen LogP contribution is 2.26. The van der Waals surface area contributed by atoms with Gasteiger partial charge in [0.05, 0.1) is 0 Å². The second kappa shape index (κ2) is 4.82. The van der Waals surface area contributed by atoms with Gasteiger partial charge in [0.2, 0.25) is 0 Å². The summed E-state index contributed by atoms with van der Waals surface area (Å²) in [6, 6.07) is 3.77. The lowest BCUT2D eigenvalue weighted by Gasteiger charge is -2.04. The fourth-order valence-electron chi connectivity index (χ4n) is 2.02. The Morgan fingerprint density at radius 2 is 2.00 bits per heavy atom. The standard InChI is InChI=1S/C15H16F2/c1-10(2)12-4-3-11(7-12)8-13-5-6-14(16)9-15(13)17/h3,5-7,9-10H,4,8H2,1-2H3. The van der Waals surface area contributed by atoms with Crippen LogP contribution in [0.2, 0.25) is 0 Å². The van der Waals surface area contributed by atoms with Crippen LogP contribution in [-0.4, -0.2) is 0 Å². The van der Waals surface area contributed by atoms with Crippen molar-refractivity contribution in [1.29, 1.82) is 0 Å². The molecule has 0 N–H and O–H groups in total. The van der Waals surface area contributed by atoms with Crippen LogP contribution in [0.5, 0.6) is 0 Å². The Labute approximate surface area is 101 Å². The molecule has 0 heterocycles. The molecule has 0 fully saturated rings. The molecular formula is C15H16F2. The van der Waals surface area contributed by atoms with Crippen molar-refractivity contribution in [2.24, 2.45) is 5.92 Å². The van der Waals surface area contributed by atoms with Gasteiger partial charge in [-0.2, -0.15) is 0 Å². The van der Waals surface area contributed by atoms with Gasteiger partial charge in [-0.1, -0.05) is 37.6 Å². The van der Waals surface area contributed by atoms with Gasteiger partial charge < -0.3 is 0 Å². The van der Waals surface area contributed by atoms with Crippen molar-refractivity contribution in [1.82, 2.24) is 0 Å². The lowest BCUT2D eigenvalue weighted by Crippen LogP contribution is -1.93. The SMILES string of the molecule is CC(C)C1=CC(Cc2ccc(F)cc2F)=CC1. The van der Waals surface area contributed by atoms with Gasteiger partial charge >= 0.3 is 0 Å². The second-order valence-electron chi connectivity index (χ2n) is 4.77. The van der Waals surface area contributed by atoms with Crippen molar-refractivity contribution in [2.75, 3.05) is 0 Å². The highest BCUT2D eigenvalue weighted by atomic mass is 19.1. The van der Waals surface area contributed by atoms with E-state index in [1.165, 1.54) is 17.7 Å². The van der Waals surface area contributed by atoms with Crippen LogP contribution in [0.25, 0.3) is 0 Å². The number of rotatable bonds is 3. The molecular weight excluding hydrogens is 218 g/mol. The lowest BCUT2D eigenvalue weighted by atomic mass is 10.0. The van der Waals surface area contributed by atoms with E-state index in [1.807, 2.05) is 0 Å². The zero-order chi connectivity index (χ0) is 12.4. The van der Waals surface area contributed by atoms with Crippen molar-refractivity contribution in [2.45, 2.75) is 26.7 Å². The summed E-state index contributed by atoms with van der Waals surface area (Å²) < 4.78 is 26.2. The molecule has 0 aliphatic heterocycles. The molecule has 2 rings (SSSR count). The summed E-state index contributed by atoms with van der Waals surface area (Å²) in [6.07, 6.45) is 5.75. The molecule has 0 spiro atoms. The summed E-state index contributed by atoms with van der Waals surface area (Å²) in [5.41, 5.74) is 3.06. The van der Waals surface area contributed by atoms with Gasteiger partial charge in [-0.15, -0.1) is 0 Å². The predicted octanol–water partition coefficient (Wildman–Crippen LogP) is 4.42. The first kappa shape index (κ1) is 12.0. The molecule has 90 valence electrons. The minimum absolute atomic E-state index is 0.461. The third kappa shape index (κ3) is 2.82. The first-order valence-corrected chi connectivity index (χ1v) is 5.89. The Morgan fingerprint density at radius 3 is 2.59 bits per heavy atom. The predicted molar refractivity (Wildman–Crippen MR) is 65.7 cm³/mol. The number of hydrogen-bond donors (Lipinski definition) is 0. The summed E-state index contributed by atoms with van der Waals surface area (Å²) in [6.45, 7) is 4.31. The van der Waals surface area contributed by atoms with Gasteiger partial charge in [0.1, 0.15) is 11.6 Å². The molecule has 0 aromatic heterocycles. The summed E-state index contributed by atoms with van der Waals surface area (Å²) in [5.74, 6) is -0.454. The Balaban J connectivity index is 2.12. The van der Waals surface area contributed by atoms with Gasteiger partial charge in [-0.25, -0.2) is 8.78 Å². The van der Waals surface area contributed by atoms with Gasteiger partial charge in [-0.3, -0.25) is 0 Å². The summed E-state index contributed by atoms with van der Waals surface area (Å²) >= 11 is 0. The van der Waals surface area contributed by atoms with E-state index in [9.17, 15) is 8.78 Å². The molecule has 17 heavy (non-hydrogen) atoms. The Kier molecular flexibility index (Phi) is 3.41. The monoisotopic (exact) mass is 234 g/mol. The Bertz CT molecular complexity index is 482. The quantitative estimate of drug-likeness (QED) is 0.726. The number of halogens is 2. The second-order valence-corrected chi connectivity index (χ2v) is 4.77. The van der Waals surface area contributed by atoms with Crippen molar-refractivity contribution in [3.8, 4) is 0 Å². The topological polar surface area (TPSA) is 0 Å². The zero-order valence-corrected chi connectivity index (χ0v) is 10.1. The zero-order valence-electron chi connectivity index (χ0n) is 10.1. The average molecular weight is 234 g/mol. The fraction of sp³-hybridized carbons (Fsp3) is 0.333. The molecule has 0 bridgehead atoms. The van der Waals surface area contributed by atoms with Crippen molar-refractivity contribution in [3.05, 3.63) is 58.7 Å². The van der Waals surface area contributed by atoms with Gasteiger partial charge in [0.15, 0.2) is 0 Å². The average Bonchev–Trinajstić information content (AvgIpc) is 2.71. The molecule has 1 aromatic rings. The normalized spacial score (nSPS) is 15.1. The molecule has 0 saturated carbocycles. The third-order valence-electron chi connectivity index (χ3n) is 3.12. The number of benzene rings is 1. The van der Waals surface area contributed by atoms with E-state index in [4.69, 9.17) is 0 Å². The van der Waals surface area contributed by atoms with Gasteiger partial charge in [0.25, 0.3) is 0 Å². The number of allylic oxidation sites excluding steroid dienone is 4. The molecule has 2 heteroatoms. The molecule has 0 amide bonds. The van der Waals surface area contributed by atoms with E-state index in [1.54, 1.807) is 0 Å². The Hall–Kier alpha value is -1.44. The summed E-state index contributed by atoms with van der Waals surface area (Å²) in [4.78, 5) is 0. The van der Waals surface area contributed by atoms with Crippen LogP contribution < -0.4 is 0 Å². The van der Waals surface area contributed by atoms with Crippen LogP contribution in [0.1, 0.15) is 25.8 Å². The van der Waals surface area contributed by atoms with E-state index in [2.05, 4.69) is 26.0 Å². The highest BCUT2D eigenvalue weighted by molar-refractivity contribution is 5.37. The van der Waals surface area contributed by atoms with Crippen LogP contribution >= 0.6 is 0 Å². The van der Waals surface area contributed by atoms with Crippen LogP contribution in [-0.2, 0) is 6.42 Å².